The number of hydrogen-bond donors (Lipinski definition) is 3. The van der Waals surface area contributed by atoms with Crippen LogP contribution in [0.5, 0.6) is 0 Å². The van der Waals surface area contributed by atoms with E-state index in [4.69, 9.17) is 14.9 Å². The Balaban J connectivity index is 2.74. The maximum Gasteiger partial charge on any atom is 0.337 e. The van der Waals surface area contributed by atoms with E-state index in [1.165, 1.54) is 7.11 Å². The highest BCUT2D eigenvalue weighted by Crippen LogP contribution is 2.23. The van der Waals surface area contributed by atoms with Gasteiger partial charge in [-0.2, -0.15) is 0 Å². The van der Waals surface area contributed by atoms with Crippen LogP contribution in [0.3, 0.4) is 0 Å². The molecule has 1 saturated heterocycles. The van der Waals surface area contributed by atoms with Crippen LogP contribution in [0.1, 0.15) is 6.42 Å². The molecule has 1 aliphatic rings. The molecule has 2 atom stereocenters. The molecule has 0 spiro atoms. The highest BCUT2D eigenvalue weighted by molar-refractivity contribution is 5.82. The monoisotopic (exact) mass is 189 g/mol. The van der Waals surface area contributed by atoms with Crippen molar-refractivity contribution in [3.05, 3.63) is 0 Å². The molecule has 0 aromatic rings. The third kappa shape index (κ3) is 1.63. The maximum absolute atomic E-state index is 10.8. The smallest absolute Gasteiger partial charge is 0.337 e. The molecule has 3 N–H and O–H groups in total. The number of nitrogens with one attached hydrogen (secondary N) is 1. The van der Waals surface area contributed by atoms with Crippen molar-refractivity contribution in [1.82, 2.24) is 5.32 Å². The van der Waals surface area contributed by atoms with E-state index in [9.17, 15) is 9.59 Å². The summed E-state index contributed by atoms with van der Waals surface area (Å²) >= 11 is 0. The van der Waals surface area contributed by atoms with Gasteiger partial charge < -0.3 is 20.3 Å². The van der Waals surface area contributed by atoms with Gasteiger partial charge in [0.15, 0.2) is 5.60 Å². The summed E-state index contributed by atoms with van der Waals surface area (Å²) in [6, 6.07) is -0.837. The zero-order valence-electron chi connectivity index (χ0n) is 7.11. The van der Waals surface area contributed by atoms with E-state index in [-0.39, 0.29) is 13.0 Å². The number of ether oxygens (including phenoxy) is 1. The molecule has 0 aromatic heterocycles. The first-order valence-electron chi connectivity index (χ1n) is 3.76. The lowest BCUT2D eigenvalue weighted by molar-refractivity contribution is -0.160. The lowest BCUT2D eigenvalue weighted by atomic mass is 10.0. The van der Waals surface area contributed by atoms with E-state index in [2.05, 4.69) is 5.32 Å². The molecule has 6 nitrogen and oxygen atoms in total. The first-order chi connectivity index (χ1) is 6.02. The minimum atomic E-state index is -1.39. The molecule has 1 heterocycles. The highest BCUT2D eigenvalue weighted by atomic mass is 16.5. The molecule has 74 valence electrons. The van der Waals surface area contributed by atoms with Gasteiger partial charge in [-0.15, -0.1) is 0 Å². The van der Waals surface area contributed by atoms with Crippen molar-refractivity contribution in [3.63, 3.8) is 0 Å². The van der Waals surface area contributed by atoms with Gasteiger partial charge in [0.05, 0.1) is 0 Å². The van der Waals surface area contributed by atoms with Gasteiger partial charge >= 0.3 is 11.9 Å². The molecule has 0 radical (unpaired) electrons. The van der Waals surface area contributed by atoms with Crippen molar-refractivity contribution < 1.29 is 24.5 Å². The van der Waals surface area contributed by atoms with E-state index in [0.29, 0.717) is 0 Å². The molecular formula is C7H11NO5. The predicted molar refractivity (Wildman–Crippen MR) is 41.4 cm³/mol. The van der Waals surface area contributed by atoms with E-state index in [1.54, 1.807) is 0 Å². The van der Waals surface area contributed by atoms with Gasteiger partial charge in [-0.3, -0.25) is 4.79 Å². The molecule has 1 rings (SSSR count). The Hall–Kier alpha value is -1.14. The van der Waals surface area contributed by atoms with Crippen molar-refractivity contribution >= 4 is 11.9 Å². The normalized spacial score (nSPS) is 33.2. The molecule has 1 aliphatic heterocycles. The fraction of sp³-hybridized carbons (Fsp3) is 0.714. The fourth-order valence-corrected chi connectivity index (χ4v) is 1.34. The molecule has 0 aromatic carbocycles. The number of aliphatic carboxylic acids is 2. The third-order valence-electron chi connectivity index (χ3n) is 2.25. The average Bonchev–Trinajstić information content (AvgIpc) is 2.49. The van der Waals surface area contributed by atoms with Gasteiger partial charge in [0, 0.05) is 20.1 Å². The second-order valence-corrected chi connectivity index (χ2v) is 2.98. The number of carboxylic acids is 2. The fourth-order valence-electron chi connectivity index (χ4n) is 1.34. The van der Waals surface area contributed by atoms with Gasteiger partial charge in [-0.25, -0.2) is 4.79 Å². The van der Waals surface area contributed by atoms with Gasteiger partial charge in [0.1, 0.15) is 6.04 Å². The van der Waals surface area contributed by atoms with Crippen LogP contribution in [-0.4, -0.2) is 47.4 Å². The molecule has 1 fully saturated rings. The summed E-state index contributed by atoms with van der Waals surface area (Å²) < 4.78 is 4.82. The summed E-state index contributed by atoms with van der Waals surface area (Å²) in [5.74, 6) is -2.19. The first-order valence-corrected chi connectivity index (χ1v) is 3.76. The van der Waals surface area contributed by atoms with Crippen molar-refractivity contribution in [2.75, 3.05) is 13.7 Å². The number of methoxy groups -OCH3 is 1. The van der Waals surface area contributed by atoms with Crippen LogP contribution in [0.4, 0.5) is 0 Å². The maximum atomic E-state index is 10.8. The Kier molecular flexibility index (Phi) is 2.53. The number of carboxylic acid groups (broad SMARTS) is 2. The first kappa shape index (κ1) is 9.94. The summed E-state index contributed by atoms with van der Waals surface area (Å²) in [5.41, 5.74) is -1.39. The standard InChI is InChI=1S/C7H11NO5/c1-13-7(6(11)12)2-4(5(9)10)8-3-7/h4,8H,2-3H2,1H3,(H,9,10)(H,11,12)/t4-,7-/m1/s1. The SMILES string of the molecule is CO[C@@]1(C(=O)O)CN[C@@H](C(=O)O)C1. The van der Waals surface area contributed by atoms with Gasteiger partial charge in [-0.1, -0.05) is 0 Å². The zero-order chi connectivity index (χ0) is 10.1. The van der Waals surface area contributed by atoms with Crippen LogP contribution in [0.2, 0.25) is 0 Å². The lowest BCUT2D eigenvalue weighted by Crippen LogP contribution is -2.42. The largest absolute Gasteiger partial charge is 0.480 e. The number of hydrogen-bond acceptors (Lipinski definition) is 4. The van der Waals surface area contributed by atoms with E-state index in [0.717, 1.165) is 0 Å². The second kappa shape index (κ2) is 3.31. The molecule has 0 bridgehead atoms. The second-order valence-electron chi connectivity index (χ2n) is 2.98. The van der Waals surface area contributed by atoms with Crippen molar-refractivity contribution in [2.24, 2.45) is 0 Å². The number of rotatable bonds is 3. The minimum absolute atomic E-state index is 0.0236. The Morgan fingerprint density at radius 1 is 1.54 bits per heavy atom. The van der Waals surface area contributed by atoms with Crippen LogP contribution in [0.15, 0.2) is 0 Å². The Labute approximate surface area is 74.5 Å². The Morgan fingerprint density at radius 2 is 2.15 bits per heavy atom. The Morgan fingerprint density at radius 3 is 2.38 bits per heavy atom. The summed E-state index contributed by atoms with van der Waals surface area (Å²) in [4.78, 5) is 21.3. The van der Waals surface area contributed by atoms with Crippen molar-refractivity contribution in [2.45, 2.75) is 18.1 Å². The van der Waals surface area contributed by atoms with E-state index >= 15 is 0 Å². The highest BCUT2D eigenvalue weighted by Gasteiger charge is 2.48. The summed E-state index contributed by atoms with van der Waals surface area (Å²) in [7, 11) is 1.26. The van der Waals surface area contributed by atoms with Crippen molar-refractivity contribution in [3.8, 4) is 0 Å². The minimum Gasteiger partial charge on any atom is -0.480 e. The van der Waals surface area contributed by atoms with Crippen LogP contribution in [-0.2, 0) is 14.3 Å². The number of carbonyl (C=O) groups is 2. The molecular weight excluding hydrogens is 178 g/mol. The Bertz CT molecular complexity index is 241. The van der Waals surface area contributed by atoms with E-state index in [1.807, 2.05) is 0 Å². The molecule has 13 heavy (non-hydrogen) atoms. The predicted octanol–water partition coefficient (Wildman–Crippen LogP) is -1.10. The van der Waals surface area contributed by atoms with Gasteiger partial charge in [-0.05, 0) is 0 Å². The molecule has 0 amide bonds. The molecule has 0 aliphatic carbocycles. The quantitative estimate of drug-likeness (QED) is 0.521. The topological polar surface area (TPSA) is 95.9 Å². The van der Waals surface area contributed by atoms with Crippen molar-refractivity contribution in [1.29, 1.82) is 0 Å². The van der Waals surface area contributed by atoms with Gasteiger partial charge in [0.25, 0.3) is 0 Å². The molecule has 0 unspecified atom stereocenters. The van der Waals surface area contributed by atoms with Crippen LogP contribution in [0.25, 0.3) is 0 Å². The zero-order valence-corrected chi connectivity index (χ0v) is 7.11. The van der Waals surface area contributed by atoms with Crippen LogP contribution < -0.4 is 5.32 Å². The summed E-state index contributed by atoms with van der Waals surface area (Å²) in [5, 5.41) is 20.0. The molecule has 0 saturated carbocycles. The lowest BCUT2D eigenvalue weighted by Gasteiger charge is -2.20. The molecule has 6 heteroatoms. The van der Waals surface area contributed by atoms with Crippen LogP contribution in [0, 0.1) is 0 Å². The average molecular weight is 189 g/mol. The third-order valence-corrected chi connectivity index (χ3v) is 2.25. The van der Waals surface area contributed by atoms with Gasteiger partial charge in [0.2, 0.25) is 0 Å². The summed E-state index contributed by atoms with van der Waals surface area (Å²) in [6.07, 6.45) is -0.0475. The summed E-state index contributed by atoms with van der Waals surface area (Å²) in [6.45, 7) is 0.0236. The van der Waals surface area contributed by atoms with Crippen LogP contribution >= 0.6 is 0 Å². The van der Waals surface area contributed by atoms with E-state index < -0.39 is 23.6 Å².